The zero-order chi connectivity index (χ0) is 22.6. The van der Waals surface area contributed by atoms with Crippen molar-refractivity contribution in [1.29, 1.82) is 0 Å². The van der Waals surface area contributed by atoms with Crippen molar-refractivity contribution >= 4 is 52.5 Å². The van der Waals surface area contributed by atoms with Gasteiger partial charge >= 0.3 is 6.18 Å². The Hall–Kier alpha value is -1.72. The van der Waals surface area contributed by atoms with Crippen LogP contribution in [0.25, 0.3) is 6.08 Å². The Morgan fingerprint density at radius 2 is 1.58 bits per heavy atom. The number of hydrogen-bond donors (Lipinski definition) is 0. The molecule has 0 fully saturated rings. The maximum Gasteiger partial charge on any atom is 0.399 e. The van der Waals surface area contributed by atoms with Crippen LogP contribution < -0.4 is 0 Å². The lowest BCUT2D eigenvalue weighted by atomic mass is 9.96. The molecule has 1 heterocycles. The highest BCUT2D eigenvalue weighted by Crippen LogP contribution is 2.41. The Bertz CT molecular complexity index is 1060. The van der Waals surface area contributed by atoms with Gasteiger partial charge in [0.2, 0.25) is 0 Å². The Balaban J connectivity index is 1.80. The summed E-state index contributed by atoms with van der Waals surface area (Å²) in [4.78, 5) is 4.27. The molecule has 2 aromatic carbocycles. The molecule has 0 bridgehead atoms. The minimum atomic E-state index is -4.54. The fraction of sp³-hybridized carbons (Fsp3) is 0.174. The molecule has 3 rings (SSSR count). The molecule has 0 aliphatic rings. The van der Waals surface area contributed by atoms with E-state index in [1.807, 2.05) is 24.3 Å². The molecule has 1 unspecified atom stereocenters. The van der Waals surface area contributed by atoms with Crippen molar-refractivity contribution in [1.82, 2.24) is 4.98 Å². The van der Waals surface area contributed by atoms with E-state index in [9.17, 15) is 13.2 Å². The quantitative estimate of drug-likeness (QED) is 0.305. The zero-order valence-corrected chi connectivity index (χ0v) is 19.0. The van der Waals surface area contributed by atoms with E-state index in [0.29, 0.717) is 23.4 Å². The van der Waals surface area contributed by atoms with E-state index < -0.39 is 12.1 Å². The topological polar surface area (TPSA) is 12.9 Å². The number of rotatable bonds is 6. The van der Waals surface area contributed by atoms with E-state index in [-0.39, 0.29) is 20.6 Å². The average molecular weight is 505 g/mol. The molecule has 8 heteroatoms. The highest BCUT2D eigenvalue weighted by Gasteiger charge is 2.39. The molecular weight excluding hydrogens is 489 g/mol. The minimum absolute atomic E-state index is 0.0186. The fourth-order valence-electron chi connectivity index (χ4n) is 3.05. The van der Waals surface area contributed by atoms with E-state index in [4.69, 9.17) is 46.4 Å². The monoisotopic (exact) mass is 503 g/mol. The van der Waals surface area contributed by atoms with Crippen LogP contribution in [-0.2, 0) is 12.8 Å². The summed E-state index contributed by atoms with van der Waals surface area (Å²) in [6, 6.07) is 13.2. The number of nitrogens with zero attached hydrogens (tertiary/aromatic N) is 1. The zero-order valence-electron chi connectivity index (χ0n) is 15.9. The summed E-state index contributed by atoms with van der Waals surface area (Å²) < 4.78 is 41.0. The van der Waals surface area contributed by atoms with Crippen molar-refractivity contribution in [3.63, 3.8) is 0 Å². The minimum Gasteiger partial charge on any atom is -0.261 e. The van der Waals surface area contributed by atoms with Gasteiger partial charge in [-0.15, -0.1) is 0 Å². The van der Waals surface area contributed by atoms with Crippen molar-refractivity contribution < 1.29 is 13.2 Å². The molecule has 0 saturated heterocycles. The predicted octanol–water partition coefficient (Wildman–Crippen LogP) is 8.84. The normalized spacial score (nSPS) is 13.0. The molecule has 31 heavy (non-hydrogen) atoms. The van der Waals surface area contributed by atoms with Gasteiger partial charge in [0.25, 0.3) is 0 Å². The molecule has 0 radical (unpaired) electrons. The third kappa shape index (κ3) is 6.39. The van der Waals surface area contributed by atoms with Gasteiger partial charge in [0.05, 0.1) is 21.0 Å². The lowest BCUT2D eigenvalue weighted by molar-refractivity contribution is -0.139. The Morgan fingerprint density at radius 3 is 2.16 bits per heavy atom. The van der Waals surface area contributed by atoms with Gasteiger partial charge < -0.3 is 0 Å². The molecule has 162 valence electrons. The van der Waals surface area contributed by atoms with Crippen LogP contribution in [0, 0.1) is 0 Å². The molecule has 0 N–H and O–H groups in total. The molecule has 1 nitrogen and oxygen atoms in total. The summed E-state index contributed by atoms with van der Waals surface area (Å²) in [6.07, 6.45) is 1.00. The van der Waals surface area contributed by atoms with Crippen molar-refractivity contribution in [2.45, 2.75) is 24.9 Å². The smallest absolute Gasteiger partial charge is 0.261 e. The van der Waals surface area contributed by atoms with Crippen LogP contribution in [0.3, 0.4) is 0 Å². The van der Waals surface area contributed by atoms with E-state index in [2.05, 4.69) is 4.98 Å². The van der Waals surface area contributed by atoms with E-state index >= 15 is 0 Å². The number of alkyl halides is 3. The SMILES string of the molecule is FC(F)(F)C(/C=C/c1ccc(CCc2ccccn2)c(Cl)c1)c1cc(Cl)c(Cl)c(Cl)c1. The lowest BCUT2D eigenvalue weighted by Gasteiger charge is -2.18. The Labute approximate surface area is 198 Å². The third-order valence-electron chi connectivity index (χ3n) is 4.65. The third-order valence-corrected chi connectivity index (χ3v) is 6.20. The van der Waals surface area contributed by atoms with Gasteiger partial charge in [0.1, 0.15) is 0 Å². The van der Waals surface area contributed by atoms with E-state index in [1.165, 1.54) is 18.2 Å². The second kappa shape index (κ2) is 10.3. The van der Waals surface area contributed by atoms with Crippen molar-refractivity contribution in [3.05, 3.63) is 103 Å². The average Bonchev–Trinajstić information content (AvgIpc) is 2.71. The predicted molar refractivity (Wildman–Crippen MR) is 122 cm³/mol. The standard InChI is InChI=1S/C23H16Cl4F3N/c24-19-11-14(4-6-15(19)7-8-17-3-1-2-10-31-17)5-9-18(23(28,29)30)16-12-20(25)22(27)21(26)13-16/h1-6,9-13,18H,7-8H2/b9-5+. The Morgan fingerprint density at radius 1 is 0.871 bits per heavy atom. The van der Waals surface area contributed by atoms with Gasteiger partial charge in [0, 0.05) is 16.9 Å². The summed E-state index contributed by atoms with van der Waals surface area (Å²) in [5, 5.41) is 0.434. The van der Waals surface area contributed by atoms with Gasteiger partial charge in [-0.05, 0) is 59.9 Å². The Kier molecular flexibility index (Phi) is 7.92. The van der Waals surface area contributed by atoms with Gasteiger partial charge in [-0.2, -0.15) is 13.2 Å². The molecule has 0 spiro atoms. The van der Waals surface area contributed by atoms with Gasteiger partial charge in [-0.1, -0.05) is 76.8 Å². The summed E-state index contributed by atoms with van der Waals surface area (Å²) in [5.74, 6) is -1.90. The maximum absolute atomic E-state index is 13.7. The number of benzene rings is 2. The van der Waals surface area contributed by atoms with Gasteiger partial charge in [-0.25, -0.2) is 0 Å². The van der Waals surface area contributed by atoms with Gasteiger partial charge in [-0.3, -0.25) is 4.98 Å². The molecule has 0 amide bonds. The first kappa shape index (κ1) is 23.9. The van der Waals surface area contributed by atoms with Crippen LogP contribution in [0.5, 0.6) is 0 Å². The lowest BCUT2D eigenvalue weighted by Crippen LogP contribution is -2.19. The molecule has 1 atom stereocenters. The highest BCUT2D eigenvalue weighted by molar-refractivity contribution is 6.48. The largest absolute Gasteiger partial charge is 0.399 e. The molecular formula is C23H16Cl4F3N. The summed E-state index contributed by atoms with van der Waals surface area (Å²) in [7, 11) is 0. The fourth-order valence-corrected chi connectivity index (χ4v) is 3.95. The molecule has 0 aliphatic heterocycles. The summed E-state index contributed by atoms with van der Waals surface area (Å²) in [5.41, 5.74) is 2.29. The molecule has 0 aliphatic carbocycles. The van der Waals surface area contributed by atoms with Crippen LogP contribution >= 0.6 is 46.4 Å². The number of hydrogen-bond acceptors (Lipinski definition) is 1. The van der Waals surface area contributed by atoms with Crippen LogP contribution in [0.4, 0.5) is 13.2 Å². The highest BCUT2D eigenvalue weighted by atomic mass is 35.5. The molecule has 1 aromatic heterocycles. The number of allylic oxidation sites excluding steroid dienone is 1. The first-order valence-corrected chi connectivity index (χ1v) is 10.7. The van der Waals surface area contributed by atoms with Crippen LogP contribution in [0.1, 0.15) is 28.3 Å². The maximum atomic E-state index is 13.7. The first-order valence-electron chi connectivity index (χ1n) is 9.23. The molecule has 0 saturated carbocycles. The second-order valence-corrected chi connectivity index (χ2v) is 8.45. The number of aromatic nitrogens is 1. The van der Waals surface area contributed by atoms with Crippen LogP contribution in [0.15, 0.2) is 60.8 Å². The van der Waals surface area contributed by atoms with Crippen LogP contribution in [0.2, 0.25) is 20.1 Å². The van der Waals surface area contributed by atoms with Crippen LogP contribution in [-0.4, -0.2) is 11.2 Å². The van der Waals surface area contributed by atoms with Gasteiger partial charge in [0.15, 0.2) is 0 Å². The van der Waals surface area contributed by atoms with Crippen molar-refractivity contribution in [2.75, 3.05) is 0 Å². The number of pyridine rings is 1. The number of halogens is 7. The second-order valence-electron chi connectivity index (χ2n) is 6.85. The van der Waals surface area contributed by atoms with Crippen molar-refractivity contribution in [3.8, 4) is 0 Å². The molecule has 3 aromatic rings. The van der Waals surface area contributed by atoms with Crippen molar-refractivity contribution in [2.24, 2.45) is 0 Å². The summed E-state index contributed by atoms with van der Waals surface area (Å²) in [6.45, 7) is 0. The first-order chi connectivity index (χ1) is 14.6. The van der Waals surface area contributed by atoms with E-state index in [0.717, 1.165) is 17.3 Å². The summed E-state index contributed by atoms with van der Waals surface area (Å²) >= 11 is 24.0. The number of aryl methyl sites for hydroxylation is 2. The van der Waals surface area contributed by atoms with E-state index in [1.54, 1.807) is 18.3 Å².